The third kappa shape index (κ3) is 5.51. The Morgan fingerprint density at radius 3 is 2.46 bits per heavy atom. The Hall–Kier alpha value is -4.14. The smallest absolute Gasteiger partial charge is 0.258 e. The van der Waals surface area contributed by atoms with Gasteiger partial charge in [0.05, 0.1) is 31.7 Å². The molecular formula is C26H27FN4O4. The highest BCUT2D eigenvalue weighted by Gasteiger charge is 2.22. The summed E-state index contributed by atoms with van der Waals surface area (Å²) in [5, 5.41) is 2.67. The number of nitrogens with one attached hydrogen (secondary N) is 1. The van der Waals surface area contributed by atoms with Gasteiger partial charge in [0.2, 0.25) is 0 Å². The van der Waals surface area contributed by atoms with Crippen LogP contribution in [-0.2, 0) is 0 Å². The van der Waals surface area contributed by atoms with Crippen molar-refractivity contribution in [3.8, 4) is 11.5 Å². The molecular weight excluding hydrogens is 451 g/mol. The number of pyridine rings is 1. The van der Waals surface area contributed by atoms with E-state index in [1.807, 2.05) is 11.0 Å². The van der Waals surface area contributed by atoms with Gasteiger partial charge in [0.25, 0.3) is 11.8 Å². The Balaban J connectivity index is 1.38. The molecule has 2 amide bonds. The van der Waals surface area contributed by atoms with E-state index >= 15 is 0 Å². The number of nitrogens with zero attached hydrogens (tertiary/aromatic N) is 3. The summed E-state index contributed by atoms with van der Waals surface area (Å²) in [6, 6.07) is 14.5. The highest BCUT2D eigenvalue weighted by molar-refractivity contribution is 6.04. The number of carbonyl (C=O) groups is 2. The molecule has 2 heterocycles. The van der Waals surface area contributed by atoms with E-state index in [2.05, 4.69) is 15.2 Å². The summed E-state index contributed by atoms with van der Waals surface area (Å²) in [4.78, 5) is 33.8. The summed E-state index contributed by atoms with van der Waals surface area (Å²) in [7, 11) is 3.10. The van der Waals surface area contributed by atoms with E-state index in [0.29, 0.717) is 42.4 Å². The third-order valence-electron chi connectivity index (χ3n) is 5.86. The molecule has 0 saturated carbocycles. The van der Waals surface area contributed by atoms with E-state index < -0.39 is 11.7 Å². The maximum absolute atomic E-state index is 13.8. The SMILES string of the molecule is COc1ccc(C(=O)N2CCCN(c3ccc(NC(=O)c4ccccc4F)cn3)CC2)cc1OC. The zero-order valence-electron chi connectivity index (χ0n) is 19.7. The summed E-state index contributed by atoms with van der Waals surface area (Å²) < 4.78 is 24.4. The number of ether oxygens (including phenoxy) is 2. The molecule has 1 saturated heterocycles. The van der Waals surface area contributed by atoms with E-state index in [0.717, 1.165) is 18.8 Å². The van der Waals surface area contributed by atoms with Gasteiger partial charge in [-0.15, -0.1) is 0 Å². The number of hydrogen-bond acceptors (Lipinski definition) is 6. The minimum absolute atomic E-state index is 0.0247. The molecule has 1 fully saturated rings. The molecule has 3 aromatic rings. The summed E-state index contributed by atoms with van der Waals surface area (Å²) >= 11 is 0. The molecule has 8 nitrogen and oxygen atoms in total. The molecule has 35 heavy (non-hydrogen) atoms. The van der Waals surface area contributed by atoms with Crippen molar-refractivity contribution in [3.05, 3.63) is 77.7 Å². The summed E-state index contributed by atoms with van der Waals surface area (Å²) in [5.74, 6) is 0.663. The molecule has 0 unspecified atom stereocenters. The molecule has 1 aliphatic rings. The first-order valence-electron chi connectivity index (χ1n) is 11.3. The number of benzene rings is 2. The first-order chi connectivity index (χ1) is 17.0. The normalized spacial score (nSPS) is 13.7. The van der Waals surface area contributed by atoms with Crippen LogP contribution in [0, 0.1) is 5.82 Å². The van der Waals surface area contributed by atoms with Gasteiger partial charge in [-0.1, -0.05) is 12.1 Å². The van der Waals surface area contributed by atoms with Crippen molar-refractivity contribution in [2.75, 3.05) is 50.6 Å². The van der Waals surface area contributed by atoms with Gasteiger partial charge in [-0.2, -0.15) is 0 Å². The number of aromatic nitrogens is 1. The van der Waals surface area contributed by atoms with Gasteiger partial charge in [0, 0.05) is 31.7 Å². The lowest BCUT2D eigenvalue weighted by Gasteiger charge is -2.23. The maximum Gasteiger partial charge on any atom is 0.258 e. The zero-order valence-corrected chi connectivity index (χ0v) is 19.7. The molecule has 4 rings (SSSR count). The van der Waals surface area contributed by atoms with Crippen molar-refractivity contribution < 1.29 is 23.5 Å². The Morgan fingerprint density at radius 1 is 0.943 bits per heavy atom. The number of carbonyl (C=O) groups excluding carboxylic acids is 2. The van der Waals surface area contributed by atoms with Crippen LogP contribution in [0.5, 0.6) is 11.5 Å². The van der Waals surface area contributed by atoms with E-state index in [1.165, 1.54) is 18.2 Å². The minimum Gasteiger partial charge on any atom is -0.493 e. The Labute approximate surface area is 203 Å². The number of methoxy groups -OCH3 is 2. The lowest BCUT2D eigenvalue weighted by Crippen LogP contribution is -2.35. The van der Waals surface area contributed by atoms with Gasteiger partial charge in [0.15, 0.2) is 11.5 Å². The number of hydrogen-bond donors (Lipinski definition) is 1. The molecule has 0 atom stereocenters. The first-order valence-corrected chi connectivity index (χ1v) is 11.3. The van der Waals surface area contributed by atoms with E-state index in [4.69, 9.17) is 9.47 Å². The van der Waals surface area contributed by atoms with Crippen LogP contribution >= 0.6 is 0 Å². The van der Waals surface area contributed by atoms with Crippen LogP contribution in [0.1, 0.15) is 27.1 Å². The van der Waals surface area contributed by atoms with Gasteiger partial charge in [0.1, 0.15) is 11.6 Å². The van der Waals surface area contributed by atoms with Crippen molar-refractivity contribution in [1.82, 2.24) is 9.88 Å². The molecule has 0 bridgehead atoms. The molecule has 0 radical (unpaired) electrons. The molecule has 1 N–H and O–H groups in total. The first kappa shape index (κ1) is 24.0. The Bertz CT molecular complexity index is 1200. The van der Waals surface area contributed by atoms with Crippen molar-refractivity contribution >= 4 is 23.3 Å². The van der Waals surface area contributed by atoms with Crippen molar-refractivity contribution in [2.24, 2.45) is 0 Å². The van der Waals surface area contributed by atoms with E-state index in [9.17, 15) is 14.0 Å². The second-order valence-electron chi connectivity index (χ2n) is 8.04. The van der Waals surface area contributed by atoms with Gasteiger partial charge in [-0.05, 0) is 48.9 Å². The van der Waals surface area contributed by atoms with Gasteiger partial charge in [-0.25, -0.2) is 9.37 Å². The van der Waals surface area contributed by atoms with Crippen LogP contribution in [0.2, 0.25) is 0 Å². The fourth-order valence-corrected chi connectivity index (χ4v) is 3.99. The van der Waals surface area contributed by atoms with E-state index in [-0.39, 0.29) is 11.5 Å². The quantitative estimate of drug-likeness (QED) is 0.580. The third-order valence-corrected chi connectivity index (χ3v) is 5.86. The van der Waals surface area contributed by atoms with Crippen molar-refractivity contribution in [1.29, 1.82) is 0 Å². The monoisotopic (exact) mass is 478 g/mol. The summed E-state index contributed by atoms with van der Waals surface area (Å²) in [5.41, 5.74) is 0.995. The number of rotatable bonds is 6. The second kappa shape index (κ2) is 10.9. The van der Waals surface area contributed by atoms with Crippen LogP contribution < -0.4 is 19.7 Å². The fraction of sp³-hybridized carbons (Fsp3) is 0.269. The molecule has 1 aliphatic heterocycles. The topological polar surface area (TPSA) is 84.0 Å². The van der Waals surface area contributed by atoms with Gasteiger partial charge >= 0.3 is 0 Å². The second-order valence-corrected chi connectivity index (χ2v) is 8.04. The Morgan fingerprint density at radius 2 is 1.74 bits per heavy atom. The predicted octanol–water partition coefficient (Wildman–Crippen LogP) is 3.84. The lowest BCUT2D eigenvalue weighted by molar-refractivity contribution is 0.0766. The molecule has 0 aliphatic carbocycles. The van der Waals surface area contributed by atoms with Gasteiger partial charge < -0.3 is 24.6 Å². The molecule has 182 valence electrons. The Kier molecular flexibility index (Phi) is 7.45. The number of anilines is 2. The van der Waals surface area contributed by atoms with Gasteiger partial charge in [-0.3, -0.25) is 9.59 Å². The molecule has 2 aromatic carbocycles. The maximum atomic E-state index is 13.8. The van der Waals surface area contributed by atoms with Crippen LogP contribution in [0.3, 0.4) is 0 Å². The van der Waals surface area contributed by atoms with E-state index in [1.54, 1.807) is 50.7 Å². The summed E-state index contributed by atoms with van der Waals surface area (Å²) in [6.45, 7) is 2.53. The molecule has 0 spiro atoms. The van der Waals surface area contributed by atoms with Crippen LogP contribution in [0.15, 0.2) is 60.8 Å². The standard InChI is InChI=1S/C26H27FN4O4/c1-34-22-10-8-18(16-23(22)35-2)26(33)31-13-5-12-30(14-15-31)24-11-9-19(17-28-24)29-25(32)20-6-3-4-7-21(20)27/h3-4,6-11,16-17H,5,12-15H2,1-2H3,(H,29,32). The van der Waals surface area contributed by atoms with Crippen molar-refractivity contribution in [2.45, 2.75) is 6.42 Å². The van der Waals surface area contributed by atoms with Crippen LogP contribution in [0.4, 0.5) is 15.9 Å². The highest BCUT2D eigenvalue weighted by atomic mass is 19.1. The highest BCUT2D eigenvalue weighted by Crippen LogP contribution is 2.28. The van der Waals surface area contributed by atoms with Crippen molar-refractivity contribution in [3.63, 3.8) is 0 Å². The average molecular weight is 479 g/mol. The zero-order chi connectivity index (χ0) is 24.8. The number of amides is 2. The van der Waals surface area contributed by atoms with Crippen LogP contribution in [-0.4, -0.2) is 62.1 Å². The minimum atomic E-state index is -0.577. The lowest BCUT2D eigenvalue weighted by atomic mass is 10.1. The average Bonchev–Trinajstić information content (AvgIpc) is 3.15. The van der Waals surface area contributed by atoms with Crippen LogP contribution in [0.25, 0.3) is 0 Å². The summed E-state index contributed by atoms with van der Waals surface area (Å²) in [6.07, 6.45) is 2.33. The molecule has 1 aromatic heterocycles. The molecule has 9 heteroatoms. The number of halogens is 1. The predicted molar refractivity (Wildman–Crippen MR) is 131 cm³/mol. The fourth-order valence-electron chi connectivity index (χ4n) is 3.99. The largest absolute Gasteiger partial charge is 0.493 e.